The molecule has 0 bridgehead atoms. The van der Waals surface area contributed by atoms with Crippen molar-refractivity contribution in [2.75, 3.05) is 6.61 Å². The average molecular weight is 401 g/mol. The Kier molecular flexibility index (Phi) is 16.0. The molecule has 0 amide bonds. The van der Waals surface area contributed by atoms with Gasteiger partial charge in [0, 0.05) is 5.97 Å². The van der Waals surface area contributed by atoms with Crippen molar-refractivity contribution < 1.29 is 74.9 Å². The van der Waals surface area contributed by atoms with Crippen LogP contribution in [0.15, 0.2) is 0 Å². The molecule has 0 N–H and O–H groups in total. The second-order valence-corrected chi connectivity index (χ2v) is 16.5. The Morgan fingerprint density at radius 2 is 1.38 bits per heavy atom. The fourth-order valence-electron chi connectivity index (χ4n) is 2.53. The number of ether oxygens (including phenoxy) is 1. The van der Waals surface area contributed by atoms with E-state index in [-0.39, 0.29) is 63.8 Å². The predicted octanol–water partition coefficient (Wildman–Crippen LogP) is 0.0708. The maximum Gasteiger partial charge on any atom is 1.00 e. The molecule has 0 heterocycles. The maximum absolute atomic E-state index is 11.9. The zero-order valence-corrected chi connectivity index (χ0v) is 21.5. The quantitative estimate of drug-likeness (QED) is 0.248. The van der Waals surface area contributed by atoms with E-state index >= 15 is 0 Å². The van der Waals surface area contributed by atoms with Crippen molar-refractivity contribution in [2.45, 2.75) is 83.7 Å². The number of unbranched alkanes of at least 4 members (excludes halogenated alkanes) is 5. The van der Waals surface area contributed by atoms with Gasteiger partial charge in [0.2, 0.25) is 0 Å². The first-order chi connectivity index (χ1) is 10.5. The van der Waals surface area contributed by atoms with E-state index in [1.165, 1.54) is 0 Å². The molecule has 0 aliphatic heterocycles. The number of hydrogen-bond donors (Lipinski definition) is 0. The van der Waals surface area contributed by atoms with E-state index in [2.05, 4.69) is 32.7 Å². The van der Waals surface area contributed by atoms with Gasteiger partial charge in [0.15, 0.2) is 16.6 Å². The number of esters is 1. The molecular weight excluding hydrogens is 367 g/mol. The van der Waals surface area contributed by atoms with E-state index in [1.807, 2.05) is 0 Å². The number of hydrogen-bond acceptors (Lipinski definition) is 5. The molecule has 0 aromatic carbocycles. The zero-order chi connectivity index (χ0) is 17.9. The van der Waals surface area contributed by atoms with Gasteiger partial charge in [-0.05, 0) is 52.0 Å². The fourth-order valence-corrected chi connectivity index (χ4v) is 10.2. The summed E-state index contributed by atoms with van der Waals surface area (Å²) in [6.07, 6.45) is 5.69. The normalized spacial score (nSPS) is 11.7. The van der Waals surface area contributed by atoms with Crippen molar-refractivity contribution in [3.63, 3.8) is 0 Å². The SMILES string of the molecule is C[Si](C)(C)O[Si](C)(C)CC(=O)OCCCCCCCCC(=O)[O-].[K+]. The van der Waals surface area contributed by atoms with Gasteiger partial charge in [0.05, 0.1) is 12.7 Å². The maximum atomic E-state index is 11.9. The van der Waals surface area contributed by atoms with E-state index in [0.29, 0.717) is 19.1 Å². The van der Waals surface area contributed by atoms with Crippen LogP contribution in [0.25, 0.3) is 0 Å². The molecule has 8 heteroatoms. The molecule has 0 aromatic rings. The van der Waals surface area contributed by atoms with Gasteiger partial charge in [-0.25, -0.2) is 0 Å². The predicted molar refractivity (Wildman–Crippen MR) is 95.0 cm³/mol. The number of carbonyl (C=O) groups excluding carboxylic acids is 2. The topological polar surface area (TPSA) is 75.7 Å². The van der Waals surface area contributed by atoms with E-state index in [9.17, 15) is 14.7 Å². The molecule has 0 rings (SSSR count). The van der Waals surface area contributed by atoms with Gasteiger partial charge in [-0.1, -0.05) is 25.7 Å². The largest absolute Gasteiger partial charge is 1.00 e. The van der Waals surface area contributed by atoms with Crippen LogP contribution in [0.5, 0.6) is 0 Å². The molecule has 0 saturated carbocycles. The molecule has 5 nitrogen and oxygen atoms in total. The summed E-state index contributed by atoms with van der Waals surface area (Å²) in [6.45, 7) is 11.0. The van der Waals surface area contributed by atoms with Crippen molar-refractivity contribution >= 4 is 28.6 Å². The van der Waals surface area contributed by atoms with Crippen molar-refractivity contribution in [1.29, 1.82) is 0 Å². The van der Waals surface area contributed by atoms with Crippen LogP contribution in [0.1, 0.15) is 44.9 Å². The minimum atomic E-state index is -1.97. The first-order valence-electron chi connectivity index (χ1n) is 8.57. The molecule has 136 valence electrons. The first-order valence-corrected chi connectivity index (χ1v) is 15.1. The van der Waals surface area contributed by atoms with Gasteiger partial charge in [-0.15, -0.1) is 0 Å². The van der Waals surface area contributed by atoms with Crippen LogP contribution in [-0.4, -0.2) is 35.2 Å². The Balaban J connectivity index is 0. The molecule has 0 saturated heterocycles. The summed E-state index contributed by atoms with van der Waals surface area (Å²) in [5.41, 5.74) is 0. The Morgan fingerprint density at radius 3 is 1.88 bits per heavy atom. The van der Waals surface area contributed by atoms with Crippen LogP contribution < -0.4 is 56.5 Å². The summed E-state index contributed by atoms with van der Waals surface area (Å²) in [4.78, 5) is 22.1. The molecule has 0 aliphatic carbocycles. The van der Waals surface area contributed by atoms with Gasteiger partial charge in [-0.2, -0.15) is 0 Å². The monoisotopic (exact) mass is 400 g/mol. The molecule has 0 radical (unpaired) electrons. The van der Waals surface area contributed by atoms with Gasteiger partial charge < -0.3 is 18.8 Å². The fraction of sp³-hybridized carbons (Fsp3) is 0.875. The Hall–Kier alpha value is 0.970. The van der Waals surface area contributed by atoms with Crippen LogP contribution in [0.3, 0.4) is 0 Å². The number of carbonyl (C=O) groups is 2. The second-order valence-electron chi connectivity index (χ2n) is 7.61. The number of carboxylic acids is 1. The summed E-state index contributed by atoms with van der Waals surface area (Å²) >= 11 is 0. The minimum absolute atomic E-state index is 0. The van der Waals surface area contributed by atoms with Crippen molar-refractivity contribution in [3.05, 3.63) is 0 Å². The summed E-state index contributed by atoms with van der Waals surface area (Å²) in [7, 11) is -3.58. The summed E-state index contributed by atoms with van der Waals surface area (Å²) < 4.78 is 11.4. The molecule has 0 unspecified atom stereocenters. The van der Waals surface area contributed by atoms with E-state index < -0.39 is 22.6 Å². The minimum Gasteiger partial charge on any atom is -0.550 e. The van der Waals surface area contributed by atoms with Crippen LogP contribution in [-0.2, 0) is 18.4 Å². The van der Waals surface area contributed by atoms with Gasteiger partial charge in [-0.3, -0.25) is 4.79 Å². The van der Waals surface area contributed by atoms with Gasteiger partial charge in [0.1, 0.15) is 0 Å². The average Bonchev–Trinajstić information content (AvgIpc) is 2.32. The van der Waals surface area contributed by atoms with Crippen molar-refractivity contribution in [1.82, 2.24) is 0 Å². The third-order valence-electron chi connectivity index (χ3n) is 3.19. The molecule has 0 aliphatic rings. The Labute approximate surface area is 191 Å². The van der Waals surface area contributed by atoms with Gasteiger partial charge in [0.25, 0.3) is 0 Å². The first kappa shape index (κ1) is 27.2. The molecular formula is C16H33KO5Si2. The summed E-state index contributed by atoms with van der Waals surface area (Å²) in [5, 5.41) is 10.2. The number of aliphatic carboxylic acids is 1. The number of carboxylic acid groups (broad SMARTS) is 1. The third kappa shape index (κ3) is 19.3. The van der Waals surface area contributed by atoms with Crippen LogP contribution in [0.2, 0.25) is 38.8 Å². The van der Waals surface area contributed by atoms with Crippen LogP contribution >= 0.6 is 0 Å². The summed E-state index contributed by atoms with van der Waals surface area (Å²) in [6, 6.07) is 0.417. The van der Waals surface area contributed by atoms with Gasteiger partial charge >= 0.3 is 57.4 Å². The van der Waals surface area contributed by atoms with Crippen molar-refractivity contribution in [2.24, 2.45) is 0 Å². The van der Waals surface area contributed by atoms with Crippen LogP contribution in [0, 0.1) is 0 Å². The second kappa shape index (κ2) is 14.1. The smallest absolute Gasteiger partial charge is 0.550 e. The number of rotatable bonds is 13. The molecule has 0 spiro atoms. The Morgan fingerprint density at radius 1 is 0.875 bits per heavy atom. The van der Waals surface area contributed by atoms with E-state index in [1.54, 1.807) is 0 Å². The van der Waals surface area contributed by atoms with E-state index in [4.69, 9.17) is 8.85 Å². The Bertz CT molecular complexity index is 370. The molecule has 0 atom stereocenters. The van der Waals surface area contributed by atoms with Crippen LogP contribution in [0.4, 0.5) is 0 Å². The summed E-state index contributed by atoms with van der Waals surface area (Å²) in [5.74, 6) is -1.12. The third-order valence-corrected chi connectivity index (χ3v) is 8.99. The van der Waals surface area contributed by atoms with Crippen molar-refractivity contribution in [3.8, 4) is 0 Å². The van der Waals surface area contributed by atoms with E-state index in [0.717, 1.165) is 32.1 Å². The molecule has 0 aromatic heterocycles. The standard InChI is InChI=1S/C16H34O5Si2.K/c1-22(2,3)21-23(4,5)14-16(19)20-13-11-9-7-6-8-10-12-15(17)18;/h6-14H2,1-5H3,(H,17,18);/q;+1/p-1. The zero-order valence-electron chi connectivity index (χ0n) is 16.4. The molecule has 0 fully saturated rings. The molecule has 24 heavy (non-hydrogen) atoms.